The van der Waals surface area contributed by atoms with Crippen molar-refractivity contribution in [3.63, 3.8) is 0 Å². The van der Waals surface area contributed by atoms with E-state index < -0.39 is 10.0 Å². The van der Waals surface area contributed by atoms with Gasteiger partial charge < -0.3 is 4.90 Å². The largest absolute Gasteiger partial charge is 0.339 e. The molecular formula is C20H24N2O3S. The Morgan fingerprint density at radius 2 is 1.73 bits per heavy atom. The van der Waals surface area contributed by atoms with Crippen molar-refractivity contribution in [1.82, 2.24) is 4.90 Å². The van der Waals surface area contributed by atoms with E-state index in [1.165, 1.54) is 6.07 Å². The van der Waals surface area contributed by atoms with Crippen LogP contribution in [0.2, 0.25) is 0 Å². The van der Waals surface area contributed by atoms with Gasteiger partial charge in [0.05, 0.1) is 4.90 Å². The Bertz CT molecular complexity index is 916. The van der Waals surface area contributed by atoms with Crippen molar-refractivity contribution in [2.45, 2.75) is 38.0 Å². The van der Waals surface area contributed by atoms with E-state index in [2.05, 4.69) is 4.72 Å². The first-order valence-corrected chi connectivity index (χ1v) is 10.3. The second-order valence-electron chi connectivity index (χ2n) is 6.81. The maximum atomic E-state index is 12.8. The van der Waals surface area contributed by atoms with Crippen molar-refractivity contribution in [3.05, 3.63) is 59.2 Å². The van der Waals surface area contributed by atoms with Crippen LogP contribution < -0.4 is 4.72 Å². The van der Waals surface area contributed by atoms with Crippen LogP contribution in [0.4, 0.5) is 5.69 Å². The zero-order valence-corrected chi connectivity index (χ0v) is 16.0. The van der Waals surface area contributed by atoms with E-state index in [1.807, 2.05) is 13.0 Å². The fourth-order valence-corrected chi connectivity index (χ4v) is 4.54. The Kier molecular flexibility index (Phi) is 5.32. The third-order valence-electron chi connectivity index (χ3n) is 4.64. The molecule has 26 heavy (non-hydrogen) atoms. The van der Waals surface area contributed by atoms with Crippen LogP contribution in [-0.2, 0) is 10.0 Å². The van der Waals surface area contributed by atoms with Crippen LogP contribution >= 0.6 is 0 Å². The molecule has 1 aliphatic rings. The van der Waals surface area contributed by atoms with Gasteiger partial charge >= 0.3 is 0 Å². The minimum Gasteiger partial charge on any atom is -0.339 e. The number of aryl methyl sites for hydroxylation is 2. The lowest BCUT2D eigenvalue weighted by Gasteiger charge is -2.27. The molecule has 0 unspecified atom stereocenters. The van der Waals surface area contributed by atoms with Gasteiger partial charge in [0, 0.05) is 24.3 Å². The number of piperidine rings is 1. The van der Waals surface area contributed by atoms with Crippen molar-refractivity contribution in [1.29, 1.82) is 0 Å². The first-order chi connectivity index (χ1) is 12.4. The molecule has 0 saturated carbocycles. The fraction of sp³-hybridized carbons (Fsp3) is 0.350. The molecular weight excluding hydrogens is 348 g/mol. The maximum absolute atomic E-state index is 12.8. The number of carbonyl (C=O) groups is 1. The number of nitrogens with zero attached hydrogens (tertiary/aromatic N) is 1. The highest BCUT2D eigenvalue weighted by Crippen LogP contribution is 2.23. The van der Waals surface area contributed by atoms with Gasteiger partial charge in [-0.1, -0.05) is 18.2 Å². The molecule has 0 atom stereocenters. The molecule has 1 amide bonds. The van der Waals surface area contributed by atoms with Crippen molar-refractivity contribution in [2.24, 2.45) is 0 Å². The first-order valence-electron chi connectivity index (χ1n) is 8.86. The first kappa shape index (κ1) is 18.5. The summed E-state index contributed by atoms with van der Waals surface area (Å²) in [6, 6.07) is 12.1. The molecule has 1 N–H and O–H groups in total. The Balaban J connectivity index is 1.90. The van der Waals surface area contributed by atoms with Crippen molar-refractivity contribution < 1.29 is 13.2 Å². The predicted octanol–water partition coefficient (Wildman–Crippen LogP) is 3.73. The number of hydrogen-bond acceptors (Lipinski definition) is 3. The molecule has 2 aromatic carbocycles. The zero-order valence-electron chi connectivity index (χ0n) is 15.2. The fourth-order valence-electron chi connectivity index (χ4n) is 3.22. The molecule has 0 aliphatic carbocycles. The number of rotatable bonds is 4. The Morgan fingerprint density at radius 1 is 1.00 bits per heavy atom. The molecule has 0 aromatic heterocycles. The van der Waals surface area contributed by atoms with Gasteiger partial charge in [-0.3, -0.25) is 9.52 Å². The van der Waals surface area contributed by atoms with Crippen LogP contribution in [0.5, 0.6) is 0 Å². The number of likely N-dealkylation sites (tertiary alicyclic amines) is 1. The van der Waals surface area contributed by atoms with Crippen LogP contribution in [0.25, 0.3) is 0 Å². The summed E-state index contributed by atoms with van der Waals surface area (Å²) in [7, 11) is -3.77. The number of nitrogens with one attached hydrogen (secondary N) is 1. The SMILES string of the molecule is Cc1cccc(NS(=O)(=O)c2cc(C(=O)N3CCCCC3)ccc2C)c1. The minimum atomic E-state index is -3.77. The monoisotopic (exact) mass is 372 g/mol. The maximum Gasteiger partial charge on any atom is 0.262 e. The summed E-state index contributed by atoms with van der Waals surface area (Å²) in [6.07, 6.45) is 3.13. The lowest BCUT2D eigenvalue weighted by molar-refractivity contribution is 0.0724. The van der Waals surface area contributed by atoms with E-state index in [-0.39, 0.29) is 10.8 Å². The minimum absolute atomic E-state index is 0.100. The number of sulfonamides is 1. The van der Waals surface area contributed by atoms with Gasteiger partial charge in [-0.25, -0.2) is 8.42 Å². The number of hydrogen-bond donors (Lipinski definition) is 1. The number of carbonyl (C=O) groups excluding carboxylic acids is 1. The molecule has 1 fully saturated rings. The zero-order chi connectivity index (χ0) is 18.7. The summed E-state index contributed by atoms with van der Waals surface area (Å²) < 4.78 is 28.3. The normalized spacial score (nSPS) is 14.9. The molecule has 0 radical (unpaired) electrons. The standard InChI is InChI=1S/C20H24N2O3S/c1-15-7-6-8-18(13-15)21-26(24,25)19-14-17(10-9-16(19)2)20(23)22-11-4-3-5-12-22/h6-10,13-14,21H,3-5,11-12H2,1-2H3. The van der Waals surface area contributed by atoms with Gasteiger partial charge in [0.15, 0.2) is 0 Å². The molecule has 1 aliphatic heterocycles. The highest BCUT2D eigenvalue weighted by atomic mass is 32.2. The van der Waals surface area contributed by atoms with E-state index in [4.69, 9.17) is 0 Å². The van der Waals surface area contributed by atoms with Crippen molar-refractivity contribution in [2.75, 3.05) is 17.8 Å². The van der Waals surface area contributed by atoms with Crippen LogP contribution in [0.1, 0.15) is 40.7 Å². The number of benzene rings is 2. The average Bonchev–Trinajstić information content (AvgIpc) is 2.62. The summed E-state index contributed by atoms with van der Waals surface area (Å²) in [5, 5.41) is 0. The van der Waals surface area contributed by atoms with E-state index in [9.17, 15) is 13.2 Å². The smallest absolute Gasteiger partial charge is 0.262 e. The van der Waals surface area contributed by atoms with Gasteiger partial charge in [-0.2, -0.15) is 0 Å². The Labute approximate surface area is 155 Å². The van der Waals surface area contributed by atoms with Crippen LogP contribution in [0, 0.1) is 13.8 Å². The highest BCUT2D eigenvalue weighted by Gasteiger charge is 2.22. The van der Waals surface area contributed by atoms with E-state index in [1.54, 1.807) is 42.2 Å². The summed E-state index contributed by atoms with van der Waals surface area (Å²) in [5.74, 6) is -0.100. The van der Waals surface area contributed by atoms with E-state index >= 15 is 0 Å². The van der Waals surface area contributed by atoms with Gasteiger partial charge in [0.1, 0.15) is 0 Å². The lowest BCUT2D eigenvalue weighted by atomic mass is 10.1. The molecule has 2 aromatic rings. The Morgan fingerprint density at radius 3 is 2.42 bits per heavy atom. The topological polar surface area (TPSA) is 66.5 Å². The number of amides is 1. The van der Waals surface area contributed by atoms with Crippen molar-refractivity contribution >= 4 is 21.6 Å². The second kappa shape index (κ2) is 7.50. The van der Waals surface area contributed by atoms with Crippen LogP contribution in [0.15, 0.2) is 47.4 Å². The molecule has 0 bridgehead atoms. The van der Waals surface area contributed by atoms with E-state index in [0.29, 0.717) is 16.8 Å². The Hall–Kier alpha value is -2.34. The lowest BCUT2D eigenvalue weighted by Crippen LogP contribution is -2.35. The predicted molar refractivity (Wildman–Crippen MR) is 103 cm³/mol. The summed E-state index contributed by atoms with van der Waals surface area (Å²) in [6.45, 7) is 5.10. The van der Waals surface area contributed by atoms with E-state index in [0.717, 1.165) is 37.9 Å². The molecule has 1 heterocycles. The van der Waals surface area contributed by atoms with Gasteiger partial charge in [-0.05, 0) is 68.5 Å². The molecule has 138 valence electrons. The second-order valence-corrected chi connectivity index (χ2v) is 8.46. The van der Waals surface area contributed by atoms with Gasteiger partial charge in [0.25, 0.3) is 15.9 Å². The average molecular weight is 372 g/mol. The molecule has 3 rings (SSSR count). The molecule has 1 saturated heterocycles. The summed E-state index contributed by atoms with van der Waals surface area (Å²) in [5.41, 5.74) is 2.51. The van der Waals surface area contributed by atoms with Gasteiger partial charge in [0.2, 0.25) is 0 Å². The molecule has 5 nitrogen and oxygen atoms in total. The van der Waals surface area contributed by atoms with Crippen molar-refractivity contribution in [3.8, 4) is 0 Å². The molecule has 0 spiro atoms. The third kappa shape index (κ3) is 4.07. The quantitative estimate of drug-likeness (QED) is 0.889. The summed E-state index contributed by atoms with van der Waals surface area (Å²) >= 11 is 0. The summed E-state index contributed by atoms with van der Waals surface area (Å²) in [4.78, 5) is 14.6. The third-order valence-corrected chi connectivity index (χ3v) is 6.16. The van der Waals surface area contributed by atoms with Crippen LogP contribution in [-0.4, -0.2) is 32.3 Å². The number of anilines is 1. The van der Waals surface area contributed by atoms with Crippen LogP contribution in [0.3, 0.4) is 0 Å². The van der Waals surface area contributed by atoms with Gasteiger partial charge in [-0.15, -0.1) is 0 Å². The highest BCUT2D eigenvalue weighted by molar-refractivity contribution is 7.92. The molecule has 6 heteroatoms.